The average Bonchev–Trinajstić information content (AvgIpc) is 2.41. The first-order valence-electron chi connectivity index (χ1n) is 6.06. The molecule has 0 saturated heterocycles. The van der Waals surface area contributed by atoms with Crippen LogP contribution in [0.5, 0.6) is 0 Å². The number of Topliss-reactive ketones (excluding diaryl/α,β-unsaturated/α-hetero) is 1. The van der Waals surface area contributed by atoms with Crippen LogP contribution in [0.15, 0.2) is 48.5 Å². The summed E-state index contributed by atoms with van der Waals surface area (Å²) in [4.78, 5) is 23.4. The first-order chi connectivity index (χ1) is 9.08. The van der Waals surface area contributed by atoms with Crippen molar-refractivity contribution in [3.8, 4) is 0 Å². The molecule has 0 aromatic heterocycles. The number of rotatable bonds is 3. The smallest absolute Gasteiger partial charge is 0.255 e. The van der Waals surface area contributed by atoms with Crippen LogP contribution in [0.1, 0.15) is 33.2 Å². The van der Waals surface area contributed by atoms with Gasteiger partial charge in [-0.05, 0) is 43.7 Å². The molecule has 0 aliphatic heterocycles. The zero-order valence-electron chi connectivity index (χ0n) is 10.9. The Morgan fingerprint density at radius 3 is 2.32 bits per heavy atom. The number of ketones is 1. The van der Waals surface area contributed by atoms with Gasteiger partial charge in [0.15, 0.2) is 5.78 Å². The van der Waals surface area contributed by atoms with E-state index in [0.29, 0.717) is 16.8 Å². The van der Waals surface area contributed by atoms with Crippen molar-refractivity contribution in [2.24, 2.45) is 0 Å². The standard InChI is InChI=1S/C16H15NO2/c1-11-8-9-14(10-15(11)12(2)18)17-16(19)13-6-4-3-5-7-13/h3-10H,1-2H3,(H,17,19). The second-order valence-electron chi connectivity index (χ2n) is 4.41. The van der Waals surface area contributed by atoms with Gasteiger partial charge in [0.2, 0.25) is 0 Å². The van der Waals surface area contributed by atoms with Crippen LogP contribution in [0.3, 0.4) is 0 Å². The minimum atomic E-state index is -0.182. The van der Waals surface area contributed by atoms with E-state index < -0.39 is 0 Å². The summed E-state index contributed by atoms with van der Waals surface area (Å²) in [5.74, 6) is -0.188. The van der Waals surface area contributed by atoms with Crippen molar-refractivity contribution >= 4 is 17.4 Å². The number of carbonyl (C=O) groups is 2. The molecule has 0 spiro atoms. The minimum absolute atomic E-state index is 0.00619. The van der Waals surface area contributed by atoms with Crippen LogP contribution in [0.25, 0.3) is 0 Å². The lowest BCUT2D eigenvalue weighted by Gasteiger charge is -2.08. The number of benzene rings is 2. The summed E-state index contributed by atoms with van der Waals surface area (Å²) in [7, 11) is 0. The maximum absolute atomic E-state index is 12.0. The molecule has 3 heteroatoms. The Kier molecular flexibility index (Phi) is 3.76. The van der Waals surface area contributed by atoms with Crippen molar-refractivity contribution < 1.29 is 9.59 Å². The van der Waals surface area contributed by atoms with E-state index in [4.69, 9.17) is 0 Å². The van der Waals surface area contributed by atoms with E-state index in [1.165, 1.54) is 6.92 Å². The Balaban J connectivity index is 2.23. The van der Waals surface area contributed by atoms with Crippen molar-refractivity contribution in [1.29, 1.82) is 0 Å². The van der Waals surface area contributed by atoms with Gasteiger partial charge >= 0.3 is 0 Å². The molecule has 0 radical (unpaired) electrons. The molecule has 0 bridgehead atoms. The molecule has 2 aromatic rings. The predicted molar refractivity (Wildman–Crippen MR) is 75.6 cm³/mol. The Morgan fingerprint density at radius 1 is 1.00 bits per heavy atom. The number of amides is 1. The fraction of sp³-hybridized carbons (Fsp3) is 0.125. The van der Waals surface area contributed by atoms with Crippen LogP contribution < -0.4 is 5.32 Å². The summed E-state index contributed by atoms with van der Waals surface area (Å²) in [5.41, 5.74) is 2.76. The van der Waals surface area contributed by atoms with Gasteiger partial charge in [0.05, 0.1) is 0 Å². The molecule has 19 heavy (non-hydrogen) atoms. The lowest BCUT2D eigenvalue weighted by Crippen LogP contribution is -2.12. The van der Waals surface area contributed by atoms with Gasteiger partial charge in [-0.1, -0.05) is 24.3 Å². The van der Waals surface area contributed by atoms with E-state index in [1.54, 1.807) is 24.3 Å². The number of carbonyl (C=O) groups excluding carboxylic acids is 2. The second kappa shape index (κ2) is 5.48. The largest absolute Gasteiger partial charge is 0.322 e. The first-order valence-corrected chi connectivity index (χ1v) is 6.06. The van der Waals surface area contributed by atoms with Gasteiger partial charge in [-0.15, -0.1) is 0 Å². The maximum atomic E-state index is 12.0. The van der Waals surface area contributed by atoms with E-state index >= 15 is 0 Å². The van der Waals surface area contributed by atoms with Gasteiger partial charge < -0.3 is 5.32 Å². The fourth-order valence-corrected chi connectivity index (χ4v) is 1.87. The molecule has 96 valence electrons. The van der Waals surface area contributed by atoms with Gasteiger partial charge in [-0.2, -0.15) is 0 Å². The molecule has 2 aromatic carbocycles. The molecule has 3 nitrogen and oxygen atoms in total. The first kappa shape index (κ1) is 13.0. The van der Waals surface area contributed by atoms with Gasteiger partial charge in [-0.25, -0.2) is 0 Å². The molecule has 0 atom stereocenters. The van der Waals surface area contributed by atoms with Gasteiger partial charge in [-0.3, -0.25) is 9.59 Å². The van der Waals surface area contributed by atoms with Gasteiger partial charge in [0.1, 0.15) is 0 Å². The molecular formula is C16H15NO2. The van der Waals surface area contributed by atoms with E-state index in [2.05, 4.69) is 5.32 Å². The second-order valence-corrected chi connectivity index (χ2v) is 4.41. The maximum Gasteiger partial charge on any atom is 0.255 e. The minimum Gasteiger partial charge on any atom is -0.322 e. The third-order valence-corrected chi connectivity index (χ3v) is 2.91. The highest BCUT2D eigenvalue weighted by Gasteiger charge is 2.08. The molecule has 0 heterocycles. The Labute approximate surface area is 112 Å². The highest BCUT2D eigenvalue weighted by molar-refractivity contribution is 6.05. The number of anilines is 1. The summed E-state index contributed by atoms with van der Waals surface area (Å²) in [5, 5.41) is 2.79. The number of nitrogens with one attached hydrogen (secondary N) is 1. The Bertz CT molecular complexity index is 618. The van der Waals surface area contributed by atoms with Crippen LogP contribution in [-0.2, 0) is 0 Å². The van der Waals surface area contributed by atoms with Gasteiger partial charge in [0, 0.05) is 16.8 Å². The number of aryl methyl sites for hydroxylation is 1. The van der Waals surface area contributed by atoms with Crippen molar-refractivity contribution in [3.05, 3.63) is 65.2 Å². The normalized spacial score (nSPS) is 10.0. The van der Waals surface area contributed by atoms with E-state index in [-0.39, 0.29) is 11.7 Å². The van der Waals surface area contributed by atoms with E-state index in [9.17, 15) is 9.59 Å². The molecule has 0 saturated carbocycles. The summed E-state index contributed by atoms with van der Waals surface area (Å²) in [6.07, 6.45) is 0. The third-order valence-electron chi connectivity index (χ3n) is 2.91. The third kappa shape index (κ3) is 3.07. The molecular weight excluding hydrogens is 238 g/mol. The van der Waals surface area contributed by atoms with Crippen molar-refractivity contribution in [1.82, 2.24) is 0 Å². The average molecular weight is 253 g/mol. The van der Waals surface area contributed by atoms with Crippen molar-refractivity contribution in [2.45, 2.75) is 13.8 Å². The summed E-state index contributed by atoms with van der Waals surface area (Å²) < 4.78 is 0. The van der Waals surface area contributed by atoms with Gasteiger partial charge in [0.25, 0.3) is 5.91 Å². The molecule has 0 aliphatic rings. The van der Waals surface area contributed by atoms with Crippen LogP contribution in [-0.4, -0.2) is 11.7 Å². The molecule has 0 fully saturated rings. The highest BCUT2D eigenvalue weighted by atomic mass is 16.1. The van der Waals surface area contributed by atoms with Crippen LogP contribution in [0.2, 0.25) is 0 Å². The van der Waals surface area contributed by atoms with E-state index in [0.717, 1.165) is 5.56 Å². The molecule has 1 N–H and O–H groups in total. The summed E-state index contributed by atoms with van der Waals surface area (Å²) in [6.45, 7) is 3.39. The van der Waals surface area contributed by atoms with Crippen LogP contribution in [0, 0.1) is 6.92 Å². The zero-order valence-corrected chi connectivity index (χ0v) is 10.9. The lowest BCUT2D eigenvalue weighted by atomic mass is 10.0. The lowest BCUT2D eigenvalue weighted by molar-refractivity contribution is 0.101. The topological polar surface area (TPSA) is 46.2 Å². The van der Waals surface area contributed by atoms with Crippen molar-refractivity contribution in [3.63, 3.8) is 0 Å². The molecule has 1 amide bonds. The van der Waals surface area contributed by atoms with Crippen LogP contribution in [0.4, 0.5) is 5.69 Å². The molecule has 2 rings (SSSR count). The number of hydrogen-bond donors (Lipinski definition) is 1. The van der Waals surface area contributed by atoms with Crippen LogP contribution >= 0.6 is 0 Å². The number of hydrogen-bond acceptors (Lipinski definition) is 2. The summed E-state index contributed by atoms with van der Waals surface area (Å²) in [6, 6.07) is 14.3. The fourth-order valence-electron chi connectivity index (χ4n) is 1.87. The quantitative estimate of drug-likeness (QED) is 0.851. The van der Waals surface area contributed by atoms with E-state index in [1.807, 2.05) is 31.2 Å². The predicted octanol–water partition coefficient (Wildman–Crippen LogP) is 3.45. The highest BCUT2D eigenvalue weighted by Crippen LogP contribution is 2.16. The Morgan fingerprint density at radius 2 is 1.68 bits per heavy atom. The SMILES string of the molecule is CC(=O)c1cc(NC(=O)c2ccccc2)ccc1C. The monoisotopic (exact) mass is 253 g/mol. The molecule has 0 aliphatic carbocycles. The van der Waals surface area contributed by atoms with Crippen molar-refractivity contribution in [2.75, 3.05) is 5.32 Å². The molecule has 0 unspecified atom stereocenters. The zero-order chi connectivity index (χ0) is 13.8. The summed E-state index contributed by atoms with van der Waals surface area (Å²) >= 11 is 0. The Hall–Kier alpha value is -2.42.